The van der Waals surface area contributed by atoms with Crippen molar-refractivity contribution < 1.29 is 43.5 Å². The highest BCUT2D eigenvalue weighted by atomic mass is 16.6. The summed E-state index contributed by atoms with van der Waals surface area (Å²) in [4.78, 5) is 32.6. The second-order valence-electron chi connectivity index (χ2n) is 5.28. The predicted molar refractivity (Wildman–Crippen MR) is 94.4 cm³/mol. The van der Waals surface area contributed by atoms with Crippen LogP contribution in [-0.2, 0) is 33.3 Å². The van der Waals surface area contributed by atoms with E-state index in [0.717, 1.165) is 0 Å². The molecule has 10 heteroatoms. The first-order chi connectivity index (χ1) is 13.0. The van der Waals surface area contributed by atoms with E-state index in [2.05, 4.69) is 11.9 Å². The zero-order valence-corrected chi connectivity index (χ0v) is 15.4. The summed E-state index contributed by atoms with van der Waals surface area (Å²) in [5.41, 5.74) is 0. The Morgan fingerprint density at radius 1 is 0.889 bits per heavy atom. The molecule has 0 rings (SSSR count). The van der Waals surface area contributed by atoms with Gasteiger partial charge < -0.3 is 34.5 Å². The van der Waals surface area contributed by atoms with Crippen molar-refractivity contribution in [2.75, 3.05) is 59.4 Å². The number of carboxylic acid groups (broad SMARTS) is 1. The molecule has 0 aromatic rings. The van der Waals surface area contributed by atoms with Crippen molar-refractivity contribution in [3.05, 3.63) is 12.7 Å². The molecule has 1 atom stereocenters. The van der Waals surface area contributed by atoms with E-state index < -0.39 is 24.4 Å². The lowest BCUT2D eigenvalue weighted by atomic mass is 10.2. The zero-order chi connectivity index (χ0) is 20.3. The standard InChI is InChI=1S/C17H29NO9/c1-2-14(19)3-5-24-7-9-26-11-12-27-10-8-25-6-4-18-16(21)13-15(20)17(22)23/h2,15,20H,1,3-13H2,(H,18,21)(H,22,23). The van der Waals surface area contributed by atoms with Gasteiger partial charge >= 0.3 is 5.97 Å². The Hall–Kier alpha value is -1.85. The lowest BCUT2D eigenvalue weighted by Crippen LogP contribution is -2.33. The van der Waals surface area contributed by atoms with E-state index in [9.17, 15) is 14.4 Å². The molecule has 0 aromatic heterocycles. The SMILES string of the molecule is C=CC(=O)CCOCCOCCOCCOCCNC(=O)CC(O)C(=O)O. The molecule has 0 saturated heterocycles. The molecule has 0 aliphatic heterocycles. The number of hydrogen-bond acceptors (Lipinski definition) is 8. The van der Waals surface area contributed by atoms with E-state index in [-0.39, 0.29) is 18.9 Å². The summed E-state index contributed by atoms with van der Waals surface area (Å²) >= 11 is 0. The molecule has 0 aliphatic rings. The second-order valence-corrected chi connectivity index (χ2v) is 5.28. The van der Waals surface area contributed by atoms with Crippen LogP contribution in [0.25, 0.3) is 0 Å². The molecule has 0 heterocycles. The fourth-order valence-corrected chi connectivity index (χ4v) is 1.63. The monoisotopic (exact) mass is 391 g/mol. The highest BCUT2D eigenvalue weighted by Crippen LogP contribution is 1.91. The number of allylic oxidation sites excluding steroid dienone is 1. The van der Waals surface area contributed by atoms with Gasteiger partial charge in [0.2, 0.25) is 5.91 Å². The Kier molecular flexibility index (Phi) is 16.4. The quantitative estimate of drug-likeness (QED) is 0.190. The number of amides is 1. The number of aliphatic hydroxyl groups is 1. The number of carbonyl (C=O) groups is 3. The van der Waals surface area contributed by atoms with Gasteiger partial charge in [0.1, 0.15) is 0 Å². The van der Waals surface area contributed by atoms with Gasteiger partial charge in [-0.05, 0) is 6.08 Å². The number of aliphatic hydroxyl groups excluding tert-OH is 1. The second kappa shape index (κ2) is 17.6. The molecule has 0 aromatic carbocycles. The topological polar surface area (TPSA) is 141 Å². The van der Waals surface area contributed by atoms with E-state index in [0.29, 0.717) is 52.7 Å². The van der Waals surface area contributed by atoms with Gasteiger partial charge in [-0.3, -0.25) is 9.59 Å². The Bertz CT molecular complexity index is 442. The molecule has 0 bridgehead atoms. The van der Waals surface area contributed by atoms with Crippen LogP contribution in [0, 0.1) is 0 Å². The van der Waals surface area contributed by atoms with Gasteiger partial charge in [0.25, 0.3) is 0 Å². The normalized spacial score (nSPS) is 11.7. The number of carbonyl (C=O) groups excluding carboxylic acids is 2. The van der Waals surface area contributed by atoms with Gasteiger partial charge in [-0.2, -0.15) is 0 Å². The van der Waals surface area contributed by atoms with Crippen LogP contribution in [0.4, 0.5) is 0 Å². The van der Waals surface area contributed by atoms with Crippen LogP contribution in [0.2, 0.25) is 0 Å². The lowest BCUT2D eigenvalue weighted by Gasteiger charge is -2.09. The Morgan fingerprint density at radius 3 is 1.85 bits per heavy atom. The number of aliphatic carboxylic acids is 1. The number of nitrogens with one attached hydrogen (secondary N) is 1. The van der Waals surface area contributed by atoms with Crippen molar-refractivity contribution in [3.8, 4) is 0 Å². The van der Waals surface area contributed by atoms with Crippen molar-refractivity contribution in [3.63, 3.8) is 0 Å². The summed E-state index contributed by atoms with van der Waals surface area (Å²) < 4.78 is 21.0. The van der Waals surface area contributed by atoms with Crippen LogP contribution in [0.1, 0.15) is 12.8 Å². The molecular weight excluding hydrogens is 362 g/mol. The van der Waals surface area contributed by atoms with Crippen LogP contribution in [0.15, 0.2) is 12.7 Å². The molecule has 0 spiro atoms. The van der Waals surface area contributed by atoms with Crippen molar-refractivity contribution >= 4 is 17.7 Å². The summed E-state index contributed by atoms with van der Waals surface area (Å²) in [6.45, 7) is 6.54. The van der Waals surface area contributed by atoms with Crippen LogP contribution in [0.5, 0.6) is 0 Å². The first kappa shape index (κ1) is 25.1. The third-order valence-corrected chi connectivity index (χ3v) is 3.07. The number of hydrogen-bond donors (Lipinski definition) is 3. The van der Waals surface area contributed by atoms with Gasteiger partial charge in [-0.15, -0.1) is 0 Å². The molecule has 1 unspecified atom stereocenters. The number of rotatable bonds is 19. The van der Waals surface area contributed by atoms with Crippen LogP contribution < -0.4 is 5.32 Å². The summed E-state index contributed by atoms with van der Waals surface area (Å²) in [5, 5.41) is 19.9. The van der Waals surface area contributed by atoms with E-state index >= 15 is 0 Å². The maximum absolute atomic E-state index is 11.3. The van der Waals surface area contributed by atoms with E-state index in [1.165, 1.54) is 6.08 Å². The minimum Gasteiger partial charge on any atom is -0.479 e. The number of carboxylic acids is 1. The Balaban J connectivity index is 3.23. The molecular formula is C17H29NO9. The maximum atomic E-state index is 11.3. The van der Waals surface area contributed by atoms with E-state index in [1.54, 1.807) is 0 Å². The van der Waals surface area contributed by atoms with Crippen molar-refractivity contribution in [2.24, 2.45) is 0 Å². The Labute approximate surface area is 158 Å². The fraction of sp³-hybridized carbons (Fsp3) is 0.706. The number of ketones is 1. The van der Waals surface area contributed by atoms with Gasteiger partial charge in [0.05, 0.1) is 59.3 Å². The molecule has 10 nitrogen and oxygen atoms in total. The third-order valence-electron chi connectivity index (χ3n) is 3.07. The molecule has 0 fully saturated rings. The summed E-state index contributed by atoms with van der Waals surface area (Å²) in [6, 6.07) is 0. The highest BCUT2D eigenvalue weighted by Gasteiger charge is 2.17. The lowest BCUT2D eigenvalue weighted by molar-refractivity contribution is -0.149. The average molecular weight is 391 g/mol. The highest BCUT2D eigenvalue weighted by molar-refractivity contribution is 5.89. The third kappa shape index (κ3) is 17.3. The molecule has 1 amide bonds. The van der Waals surface area contributed by atoms with Gasteiger partial charge in [-0.1, -0.05) is 6.58 Å². The Morgan fingerprint density at radius 2 is 1.37 bits per heavy atom. The molecule has 0 saturated carbocycles. The smallest absolute Gasteiger partial charge is 0.333 e. The summed E-state index contributed by atoms with van der Waals surface area (Å²) in [6.07, 6.45) is -0.601. The largest absolute Gasteiger partial charge is 0.479 e. The minimum atomic E-state index is -1.70. The van der Waals surface area contributed by atoms with E-state index in [4.69, 9.17) is 29.2 Å². The van der Waals surface area contributed by atoms with Crippen molar-refractivity contribution in [1.82, 2.24) is 5.32 Å². The van der Waals surface area contributed by atoms with Crippen LogP contribution >= 0.6 is 0 Å². The first-order valence-corrected chi connectivity index (χ1v) is 8.61. The van der Waals surface area contributed by atoms with Crippen molar-refractivity contribution in [2.45, 2.75) is 18.9 Å². The van der Waals surface area contributed by atoms with Gasteiger partial charge in [0, 0.05) is 13.0 Å². The predicted octanol–water partition coefficient (Wildman–Crippen LogP) is -0.850. The average Bonchev–Trinajstić information content (AvgIpc) is 2.64. The van der Waals surface area contributed by atoms with Crippen LogP contribution in [0.3, 0.4) is 0 Å². The molecule has 3 N–H and O–H groups in total. The molecule has 0 radical (unpaired) electrons. The maximum Gasteiger partial charge on any atom is 0.333 e. The number of ether oxygens (including phenoxy) is 4. The molecule has 0 aliphatic carbocycles. The van der Waals surface area contributed by atoms with E-state index in [1.807, 2.05) is 0 Å². The zero-order valence-electron chi connectivity index (χ0n) is 15.4. The van der Waals surface area contributed by atoms with Gasteiger partial charge in [-0.25, -0.2) is 4.79 Å². The van der Waals surface area contributed by atoms with Crippen LogP contribution in [-0.4, -0.2) is 93.4 Å². The molecule has 156 valence electrons. The van der Waals surface area contributed by atoms with Crippen molar-refractivity contribution in [1.29, 1.82) is 0 Å². The summed E-state index contributed by atoms with van der Waals surface area (Å²) in [5.74, 6) is -2.04. The summed E-state index contributed by atoms with van der Waals surface area (Å²) in [7, 11) is 0. The van der Waals surface area contributed by atoms with Gasteiger partial charge in [0.15, 0.2) is 11.9 Å². The minimum absolute atomic E-state index is 0.0501. The molecule has 27 heavy (non-hydrogen) atoms. The fourth-order valence-electron chi connectivity index (χ4n) is 1.63. The first-order valence-electron chi connectivity index (χ1n) is 8.61.